The molecule has 0 atom stereocenters. The van der Waals surface area contributed by atoms with Gasteiger partial charge in [0.05, 0.1) is 0 Å². The van der Waals surface area contributed by atoms with E-state index in [4.69, 9.17) is 0 Å². The van der Waals surface area contributed by atoms with Crippen LogP contribution >= 0.6 is 0 Å². The normalized spacial score (nSPS) is 11.1. The van der Waals surface area contributed by atoms with E-state index in [1.54, 1.807) is 24.3 Å². The van der Waals surface area contributed by atoms with Crippen molar-refractivity contribution in [2.75, 3.05) is 5.32 Å². The number of rotatable bonds is 4. The molecule has 0 saturated heterocycles. The van der Waals surface area contributed by atoms with Crippen LogP contribution in [-0.4, -0.2) is 16.8 Å². The highest BCUT2D eigenvalue weighted by Gasteiger charge is 2.13. The summed E-state index contributed by atoms with van der Waals surface area (Å²) >= 11 is 0. The van der Waals surface area contributed by atoms with Gasteiger partial charge in [0.2, 0.25) is 5.78 Å². The van der Waals surface area contributed by atoms with Crippen LogP contribution in [0.5, 0.6) is 0 Å². The number of anilines is 1. The molecule has 1 amide bonds. The zero-order valence-electron chi connectivity index (χ0n) is 12.5. The van der Waals surface area contributed by atoms with Crippen LogP contribution in [0.3, 0.4) is 0 Å². The van der Waals surface area contributed by atoms with Crippen LogP contribution in [0, 0.1) is 13.8 Å². The van der Waals surface area contributed by atoms with E-state index in [-0.39, 0.29) is 5.76 Å². The molecule has 4 nitrogen and oxygen atoms in total. The first kappa shape index (κ1) is 15.5. The van der Waals surface area contributed by atoms with Crippen LogP contribution in [0.1, 0.15) is 16.7 Å². The molecule has 0 unspecified atom stereocenters. The Hall–Kier alpha value is -2.88. The zero-order valence-corrected chi connectivity index (χ0v) is 12.5. The van der Waals surface area contributed by atoms with Gasteiger partial charge in [-0.3, -0.25) is 9.59 Å². The third-order valence-electron chi connectivity index (χ3n) is 3.15. The molecule has 0 radical (unpaired) electrons. The lowest BCUT2D eigenvalue weighted by Crippen LogP contribution is -2.21. The molecule has 0 fully saturated rings. The monoisotopic (exact) mass is 295 g/mol. The SMILES string of the molecule is Cc1ccc(NC(=O)C(=O)C=C(O)c2ccc(C)cc2)cc1. The second kappa shape index (κ2) is 6.72. The summed E-state index contributed by atoms with van der Waals surface area (Å²) in [5, 5.41) is 12.4. The van der Waals surface area contributed by atoms with Gasteiger partial charge < -0.3 is 10.4 Å². The molecule has 112 valence electrons. The first-order chi connectivity index (χ1) is 10.5. The number of aliphatic hydroxyl groups is 1. The summed E-state index contributed by atoms with van der Waals surface area (Å²) in [5.41, 5.74) is 3.12. The first-order valence-electron chi connectivity index (χ1n) is 6.85. The molecule has 4 heteroatoms. The predicted molar refractivity (Wildman–Crippen MR) is 86.6 cm³/mol. The molecular weight excluding hydrogens is 278 g/mol. The maximum absolute atomic E-state index is 11.8. The average Bonchev–Trinajstić information content (AvgIpc) is 2.50. The number of hydrogen-bond acceptors (Lipinski definition) is 3. The Morgan fingerprint density at radius 2 is 1.41 bits per heavy atom. The van der Waals surface area contributed by atoms with Gasteiger partial charge in [0.1, 0.15) is 5.76 Å². The molecule has 0 aliphatic heterocycles. The smallest absolute Gasteiger partial charge is 0.296 e. The van der Waals surface area contributed by atoms with Crippen molar-refractivity contribution in [3.63, 3.8) is 0 Å². The number of amides is 1. The molecule has 2 aromatic carbocycles. The molecular formula is C18H17NO3. The van der Waals surface area contributed by atoms with Crippen molar-refractivity contribution in [3.05, 3.63) is 71.3 Å². The Bertz CT molecular complexity index is 713. The van der Waals surface area contributed by atoms with Crippen molar-refractivity contribution < 1.29 is 14.7 Å². The summed E-state index contributed by atoms with van der Waals surface area (Å²) in [4.78, 5) is 23.6. The van der Waals surface area contributed by atoms with Gasteiger partial charge in [-0.05, 0) is 26.0 Å². The van der Waals surface area contributed by atoms with Crippen molar-refractivity contribution in [3.8, 4) is 0 Å². The Morgan fingerprint density at radius 3 is 1.95 bits per heavy atom. The summed E-state index contributed by atoms with van der Waals surface area (Å²) in [5.74, 6) is -1.83. The standard InChI is InChI=1S/C18H17NO3/c1-12-3-7-14(8-4-12)16(20)11-17(21)18(22)19-15-9-5-13(2)6-10-15/h3-11,20H,1-2H3,(H,19,22). The third-order valence-corrected chi connectivity index (χ3v) is 3.15. The topological polar surface area (TPSA) is 66.4 Å². The Balaban J connectivity index is 2.07. The Morgan fingerprint density at radius 1 is 0.909 bits per heavy atom. The number of ketones is 1. The highest BCUT2D eigenvalue weighted by atomic mass is 16.3. The Labute approximate surface area is 129 Å². The number of nitrogens with one attached hydrogen (secondary N) is 1. The minimum atomic E-state index is -0.807. The third kappa shape index (κ3) is 4.06. The highest BCUT2D eigenvalue weighted by molar-refractivity contribution is 6.45. The van der Waals surface area contributed by atoms with E-state index in [1.807, 2.05) is 38.1 Å². The van der Waals surface area contributed by atoms with Crippen LogP contribution in [0.15, 0.2) is 54.6 Å². The van der Waals surface area contributed by atoms with E-state index in [9.17, 15) is 14.7 Å². The van der Waals surface area contributed by atoms with Gasteiger partial charge in [-0.25, -0.2) is 0 Å². The van der Waals surface area contributed by atoms with Crippen molar-refractivity contribution in [2.24, 2.45) is 0 Å². The minimum Gasteiger partial charge on any atom is -0.507 e. The highest BCUT2D eigenvalue weighted by Crippen LogP contribution is 2.13. The van der Waals surface area contributed by atoms with Crippen molar-refractivity contribution in [2.45, 2.75) is 13.8 Å². The number of hydrogen-bond donors (Lipinski definition) is 2. The molecule has 0 aliphatic rings. The summed E-state index contributed by atoms with van der Waals surface area (Å²) in [7, 11) is 0. The van der Waals surface area contributed by atoms with Crippen molar-refractivity contribution >= 4 is 23.1 Å². The fraction of sp³-hybridized carbons (Fsp3) is 0.111. The molecule has 2 rings (SSSR count). The average molecular weight is 295 g/mol. The van der Waals surface area contributed by atoms with Gasteiger partial charge >= 0.3 is 0 Å². The molecule has 0 aromatic heterocycles. The lowest BCUT2D eigenvalue weighted by Gasteiger charge is -2.04. The second-order valence-electron chi connectivity index (χ2n) is 5.08. The fourth-order valence-corrected chi connectivity index (χ4v) is 1.83. The fourth-order valence-electron chi connectivity index (χ4n) is 1.83. The van der Waals surface area contributed by atoms with E-state index in [0.717, 1.165) is 17.2 Å². The Kier molecular flexibility index (Phi) is 4.73. The number of aryl methyl sites for hydroxylation is 2. The molecule has 0 aliphatic carbocycles. The number of carbonyl (C=O) groups is 2. The van der Waals surface area contributed by atoms with Gasteiger partial charge in [-0.2, -0.15) is 0 Å². The van der Waals surface area contributed by atoms with E-state index < -0.39 is 11.7 Å². The summed E-state index contributed by atoms with van der Waals surface area (Å²) in [6.45, 7) is 3.85. The maximum Gasteiger partial charge on any atom is 0.296 e. The predicted octanol–water partition coefficient (Wildman–Crippen LogP) is 3.41. The largest absolute Gasteiger partial charge is 0.507 e. The molecule has 2 aromatic rings. The zero-order chi connectivity index (χ0) is 16.1. The van der Waals surface area contributed by atoms with Gasteiger partial charge in [-0.15, -0.1) is 0 Å². The van der Waals surface area contributed by atoms with Crippen LogP contribution in [0.2, 0.25) is 0 Å². The molecule has 0 spiro atoms. The van der Waals surface area contributed by atoms with Gasteiger partial charge in [0.25, 0.3) is 5.91 Å². The van der Waals surface area contributed by atoms with Crippen LogP contribution < -0.4 is 5.32 Å². The van der Waals surface area contributed by atoms with Gasteiger partial charge in [0, 0.05) is 17.3 Å². The van der Waals surface area contributed by atoms with Gasteiger partial charge in [0.15, 0.2) is 0 Å². The van der Waals surface area contributed by atoms with Crippen LogP contribution in [-0.2, 0) is 9.59 Å². The number of carbonyl (C=O) groups excluding carboxylic acids is 2. The summed E-state index contributed by atoms with van der Waals surface area (Å²) < 4.78 is 0. The molecule has 2 N–H and O–H groups in total. The lowest BCUT2D eigenvalue weighted by atomic mass is 10.1. The number of benzene rings is 2. The minimum absolute atomic E-state index is 0.232. The maximum atomic E-state index is 11.8. The van der Waals surface area contributed by atoms with E-state index >= 15 is 0 Å². The van der Waals surface area contributed by atoms with Crippen LogP contribution in [0.25, 0.3) is 5.76 Å². The molecule has 22 heavy (non-hydrogen) atoms. The quantitative estimate of drug-likeness (QED) is 0.516. The second-order valence-corrected chi connectivity index (χ2v) is 5.08. The lowest BCUT2D eigenvalue weighted by molar-refractivity contribution is -0.131. The van der Waals surface area contributed by atoms with Crippen LogP contribution in [0.4, 0.5) is 5.69 Å². The first-order valence-corrected chi connectivity index (χ1v) is 6.85. The van der Waals surface area contributed by atoms with E-state index in [2.05, 4.69) is 5.32 Å². The molecule has 0 bridgehead atoms. The number of aliphatic hydroxyl groups excluding tert-OH is 1. The summed E-state index contributed by atoms with van der Waals surface area (Å²) in [6.07, 6.45) is 0.925. The van der Waals surface area contributed by atoms with E-state index in [1.165, 1.54) is 0 Å². The van der Waals surface area contributed by atoms with Crippen molar-refractivity contribution in [1.29, 1.82) is 0 Å². The summed E-state index contributed by atoms with van der Waals surface area (Å²) in [6, 6.07) is 14.1. The molecule has 0 heterocycles. The van der Waals surface area contributed by atoms with Crippen molar-refractivity contribution in [1.82, 2.24) is 0 Å². The van der Waals surface area contributed by atoms with E-state index in [0.29, 0.717) is 11.3 Å². The molecule has 0 saturated carbocycles. The van der Waals surface area contributed by atoms with Gasteiger partial charge in [-0.1, -0.05) is 47.5 Å².